The zero-order chi connectivity index (χ0) is 15.5. The first-order valence-electron chi connectivity index (χ1n) is 7.78. The van der Waals surface area contributed by atoms with E-state index in [4.69, 9.17) is 14.0 Å². The number of ether oxygens (including phenoxy) is 1. The fraction of sp³-hybridized carbons (Fsp3) is 0.562. The van der Waals surface area contributed by atoms with E-state index in [-0.39, 0.29) is 18.3 Å². The molecule has 0 aliphatic carbocycles. The molecule has 1 aromatic heterocycles. The van der Waals surface area contributed by atoms with E-state index in [1.807, 2.05) is 16.8 Å². The predicted molar refractivity (Wildman–Crippen MR) is 85.3 cm³/mol. The molecule has 0 amide bonds. The molecule has 2 aliphatic heterocycles. The zero-order valence-corrected chi connectivity index (χ0v) is 13.5. The fourth-order valence-electron chi connectivity index (χ4n) is 2.75. The van der Waals surface area contributed by atoms with E-state index in [0.29, 0.717) is 6.04 Å². The molecular weight excluding hydrogens is 279 g/mol. The van der Waals surface area contributed by atoms with E-state index < -0.39 is 0 Å². The Bertz CT molecular complexity index is 705. The van der Waals surface area contributed by atoms with Crippen molar-refractivity contribution in [3.8, 4) is 0 Å². The minimum absolute atomic E-state index is 0.319. The molecule has 1 aromatic carbocycles. The van der Waals surface area contributed by atoms with Gasteiger partial charge in [-0.25, -0.2) is 0 Å². The van der Waals surface area contributed by atoms with Crippen LogP contribution in [0, 0.1) is 0 Å². The standard InChI is InChI=1S/C16H21BN2O3/c1-15(2)16(3,4)22-17(21-15)12-5-6-14-11(7-12)8-19(18-14)13-9-20-10-13/h5-8,13H,9-10H2,1-4H3. The Balaban J connectivity index is 1.65. The van der Waals surface area contributed by atoms with E-state index in [1.54, 1.807) is 0 Å². The first kappa shape index (κ1) is 14.2. The third-order valence-electron chi connectivity index (χ3n) is 5.07. The van der Waals surface area contributed by atoms with E-state index >= 15 is 0 Å². The molecule has 22 heavy (non-hydrogen) atoms. The number of hydrogen-bond acceptors (Lipinski definition) is 4. The number of rotatable bonds is 2. The molecule has 4 rings (SSSR count). The second-order valence-electron chi connectivity index (χ2n) is 7.21. The first-order valence-corrected chi connectivity index (χ1v) is 7.78. The highest BCUT2D eigenvalue weighted by atomic mass is 16.7. The molecule has 0 spiro atoms. The summed E-state index contributed by atoms with van der Waals surface area (Å²) < 4.78 is 19.5. The van der Waals surface area contributed by atoms with Crippen molar-refractivity contribution in [2.45, 2.75) is 44.9 Å². The van der Waals surface area contributed by atoms with E-state index in [1.165, 1.54) is 0 Å². The van der Waals surface area contributed by atoms with E-state index in [2.05, 4.69) is 45.1 Å². The highest BCUT2D eigenvalue weighted by Crippen LogP contribution is 2.36. The second kappa shape index (κ2) is 4.57. The summed E-state index contributed by atoms with van der Waals surface area (Å²) in [7, 11) is -0.329. The lowest BCUT2D eigenvalue weighted by Gasteiger charge is -2.32. The molecular formula is C16H21BN2O3. The SMILES string of the molecule is CC1(C)OB(c2ccc3nn(C4COC4)cc3c2)OC1(C)C. The Labute approximate surface area is 130 Å². The van der Waals surface area contributed by atoms with Crippen molar-refractivity contribution in [1.29, 1.82) is 0 Å². The molecule has 3 heterocycles. The van der Waals surface area contributed by atoms with Gasteiger partial charge in [0.2, 0.25) is 0 Å². The number of nitrogens with zero attached hydrogens (tertiary/aromatic N) is 2. The van der Waals surface area contributed by atoms with Gasteiger partial charge in [0, 0.05) is 11.6 Å². The van der Waals surface area contributed by atoms with Crippen LogP contribution in [0.4, 0.5) is 0 Å². The molecule has 2 aliphatic rings. The number of benzene rings is 1. The van der Waals surface area contributed by atoms with Crippen LogP contribution in [0.2, 0.25) is 0 Å². The molecule has 0 saturated carbocycles. The minimum atomic E-state index is -0.329. The van der Waals surface area contributed by atoms with E-state index in [9.17, 15) is 0 Å². The van der Waals surface area contributed by atoms with Crippen molar-refractivity contribution in [2.75, 3.05) is 13.2 Å². The van der Waals surface area contributed by atoms with E-state index in [0.717, 1.165) is 29.6 Å². The molecule has 6 heteroatoms. The van der Waals surface area contributed by atoms with Crippen molar-refractivity contribution in [1.82, 2.24) is 9.78 Å². The van der Waals surface area contributed by atoms with Gasteiger partial charge in [0.15, 0.2) is 0 Å². The molecule has 2 aromatic rings. The topological polar surface area (TPSA) is 45.5 Å². The largest absolute Gasteiger partial charge is 0.494 e. The van der Waals surface area contributed by atoms with Gasteiger partial charge in [0.25, 0.3) is 0 Å². The molecule has 2 saturated heterocycles. The maximum atomic E-state index is 6.12. The summed E-state index contributed by atoms with van der Waals surface area (Å²) in [6.45, 7) is 9.77. The summed E-state index contributed by atoms with van der Waals surface area (Å²) in [5.74, 6) is 0. The highest BCUT2D eigenvalue weighted by Gasteiger charge is 2.51. The molecule has 2 fully saturated rings. The summed E-state index contributed by atoms with van der Waals surface area (Å²) >= 11 is 0. The van der Waals surface area contributed by atoms with Crippen LogP contribution in [0.1, 0.15) is 33.7 Å². The van der Waals surface area contributed by atoms with Gasteiger partial charge >= 0.3 is 7.12 Å². The Hall–Kier alpha value is -1.37. The van der Waals surface area contributed by atoms with Crippen LogP contribution in [0.5, 0.6) is 0 Å². The highest BCUT2D eigenvalue weighted by molar-refractivity contribution is 6.62. The normalized spacial score (nSPS) is 23.9. The van der Waals surface area contributed by atoms with Crippen molar-refractivity contribution >= 4 is 23.5 Å². The Morgan fingerprint density at radius 2 is 1.82 bits per heavy atom. The van der Waals surface area contributed by atoms with Crippen LogP contribution in [0.25, 0.3) is 10.9 Å². The van der Waals surface area contributed by atoms with Crippen LogP contribution in [0.3, 0.4) is 0 Å². The first-order chi connectivity index (χ1) is 10.4. The predicted octanol–water partition coefficient (Wildman–Crippen LogP) is 1.91. The van der Waals surface area contributed by atoms with Crippen LogP contribution in [0.15, 0.2) is 24.4 Å². The molecule has 0 N–H and O–H groups in total. The summed E-state index contributed by atoms with van der Waals surface area (Å²) in [5.41, 5.74) is 1.39. The quantitative estimate of drug-likeness (QED) is 0.795. The van der Waals surface area contributed by atoms with Gasteiger partial charge in [-0.1, -0.05) is 12.1 Å². The maximum Gasteiger partial charge on any atom is 0.494 e. The molecule has 5 nitrogen and oxygen atoms in total. The Morgan fingerprint density at radius 3 is 2.41 bits per heavy atom. The minimum Gasteiger partial charge on any atom is -0.399 e. The monoisotopic (exact) mass is 300 g/mol. The number of hydrogen-bond donors (Lipinski definition) is 0. The van der Waals surface area contributed by atoms with Gasteiger partial charge < -0.3 is 14.0 Å². The van der Waals surface area contributed by atoms with Crippen molar-refractivity contribution in [2.24, 2.45) is 0 Å². The third kappa shape index (κ3) is 2.09. The molecule has 116 valence electrons. The van der Waals surface area contributed by atoms with Crippen LogP contribution in [-0.2, 0) is 14.0 Å². The van der Waals surface area contributed by atoms with Crippen LogP contribution in [-0.4, -0.2) is 41.3 Å². The summed E-state index contributed by atoms with van der Waals surface area (Å²) in [5, 5.41) is 5.72. The molecule has 0 atom stereocenters. The van der Waals surface area contributed by atoms with Gasteiger partial charge in [-0.2, -0.15) is 5.10 Å². The summed E-state index contributed by atoms with van der Waals surface area (Å²) in [6.07, 6.45) is 2.08. The maximum absolute atomic E-state index is 6.12. The average molecular weight is 300 g/mol. The molecule has 0 bridgehead atoms. The second-order valence-corrected chi connectivity index (χ2v) is 7.21. The average Bonchev–Trinajstić information content (AvgIpc) is 2.85. The van der Waals surface area contributed by atoms with Gasteiger partial charge in [-0.3, -0.25) is 4.68 Å². The van der Waals surface area contributed by atoms with Gasteiger partial charge in [-0.05, 0) is 39.2 Å². The lowest BCUT2D eigenvalue weighted by Crippen LogP contribution is -2.41. The van der Waals surface area contributed by atoms with Crippen molar-refractivity contribution in [3.05, 3.63) is 24.4 Å². The lowest BCUT2D eigenvalue weighted by molar-refractivity contribution is -0.0283. The molecule has 0 unspecified atom stereocenters. The van der Waals surface area contributed by atoms with Gasteiger partial charge in [0.1, 0.15) is 0 Å². The smallest absolute Gasteiger partial charge is 0.399 e. The molecule has 0 radical (unpaired) electrons. The van der Waals surface area contributed by atoms with Gasteiger partial charge in [0.05, 0.1) is 36.0 Å². The summed E-state index contributed by atoms with van der Waals surface area (Å²) in [4.78, 5) is 0. The Morgan fingerprint density at radius 1 is 1.14 bits per heavy atom. The van der Waals surface area contributed by atoms with Crippen molar-refractivity contribution < 1.29 is 14.0 Å². The lowest BCUT2D eigenvalue weighted by atomic mass is 9.79. The zero-order valence-electron chi connectivity index (χ0n) is 13.5. The summed E-state index contributed by atoms with van der Waals surface area (Å²) in [6, 6.07) is 6.55. The Kier molecular flexibility index (Phi) is 2.96. The van der Waals surface area contributed by atoms with Crippen molar-refractivity contribution in [3.63, 3.8) is 0 Å². The fourth-order valence-corrected chi connectivity index (χ4v) is 2.75. The number of aromatic nitrogens is 2. The number of fused-ring (bicyclic) bond motifs is 1. The van der Waals surface area contributed by atoms with Gasteiger partial charge in [-0.15, -0.1) is 0 Å². The van der Waals surface area contributed by atoms with Crippen LogP contribution < -0.4 is 5.46 Å². The third-order valence-corrected chi connectivity index (χ3v) is 5.07. The van der Waals surface area contributed by atoms with Crippen LogP contribution >= 0.6 is 0 Å².